The topological polar surface area (TPSA) is 26.3 Å². The zero-order valence-electron chi connectivity index (χ0n) is 18.8. The monoisotopic (exact) mass is 420 g/mol. The average molecular weight is 421 g/mol. The van der Waals surface area contributed by atoms with Crippen LogP contribution in [0.25, 0.3) is 0 Å². The van der Waals surface area contributed by atoms with Gasteiger partial charge in [-0.15, -0.1) is 0 Å². The first-order valence-electron chi connectivity index (χ1n) is 11.9. The van der Waals surface area contributed by atoms with Crippen molar-refractivity contribution in [3.05, 3.63) is 35.9 Å². The quantitative estimate of drug-likeness (QED) is 0.185. The molecule has 0 aliphatic carbocycles. The second-order valence-electron chi connectivity index (χ2n) is 8.44. The van der Waals surface area contributed by atoms with E-state index in [0.29, 0.717) is 24.9 Å². The number of ether oxygens (including phenoxy) is 1. The molecule has 2 atom stereocenters. The van der Waals surface area contributed by atoms with Crippen molar-refractivity contribution in [2.24, 2.45) is 5.92 Å². The molecule has 0 amide bonds. The van der Waals surface area contributed by atoms with Crippen LogP contribution >= 0.6 is 0 Å². The summed E-state index contributed by atoms with van der Waals surface area (Å²) in [7, 11) is 0. The molecule has 0 saturated carbocycles. The molecule has 1 aromatic carbocycles. The van der Waals surface area contributed by atoms with Crippen molar-refractivity contribution < 1.29 is 9.53 Å². The Morgan fingerprint density at radius 1 is 0.833 bits per heavy atom. The van der Waals surface area contributed by atoms with Gasteiger partial charge in [0.2, 0.25) is 0 Å². The third-order valence-electron chi connectivity index (χ3n) is 5.85. The van der Waals surface area contributed by atoms with Gasteiger partial charge in [-0.25, -0.2) is 0 Å². The van der Waals surface area contributed by atoms with Crippen LogP contribution in [0.2, 0.25) is 0 Å². The van der Waals surface area contributed by atoms with Crippen molar-refractivity contribution in [3.63, 3.8) is 0 Å². The Morgan fingerprint density at radius 2 is 1.37 bits per heavy atom. The Hall–Kier alpha value is -1.31. The van der Waals surface area contributed by atoms with Crippen LogP contribution in [-0.2, 0) is 9.53 Å². The van der Waals surface area contributed by atoms with Crippen LogP contribution in [0.4, 0.5) is 0 Å². The van der Waals surface area contributed by atoms with Gasteiger partial charge in [0.15, 0.2) is 0 Å². The van der Waals surface area contributed by atoms with Gasteiger partial charge in [-0.1, -0.05) is 130 Å². The summed E-state index contributed by atoms with van der Waals surface area (Å²) in [6, 6.07) is 10.6. The lowest BCUT2D eigenvalue weighted by Gasteiger charge is -2.20. The summed E-state index contributed by atoms with van der Waals surface area (Å²) >= 11 is 0. The second kappa shape index (κ2) is 20.9. The highest BCUT2D eigenvalue weighted by atomic mass is 16.5. The van der Waals surface area contributed by atoms with Crippen molar-refractivity contribution in [1.82, 2.24) is 0 Å². The molecule has 0 N–H and O–H groups in total. The van der Waals surface area contributed by atoms with Gasteiger partial charge in [-0.05, 0) is 30.2 Å². The Kier molecular flexibility index (Phi) is 21.6. The number of rotatable bonds is 17. The fourth-order valence-electron chi connectivity index (χ4n) is 3.81. The first-order valence-corrected chi connectivity index (χ1v) is 11.9. The fraction of sp³-hybridized carbons (Fsp3) is 0.750. The van der Waals surface area contributed by atoms with Crippen LogP contribution in [0.15, 0.2) is 30.3 Å². The lowest BCUT2D eigenvalue weighted by Crippen LogP contribution is -2.15. The molecule has 176 valence electrons. The molecule has 1 rings (SSSR count). The van der Waals surface area contributed by atoms with Gasteiger partial charge >= 0.3 is 5.97 Å². The van der Waals surface area contributed by atoms with Crippen molar-refractivity contribution >= 4 is 5.97 Å². The van der Waals surface area contributed by atoms with E-state index in [2.05, 4.69) is 51.1 Å². The maximum Gasteiger partial charge on any atom is 0.305 e. The number of hydrogen-bond acceptors (Lipinski definition) is 2. The molecule has 2 nitrogen and oxygen atoms in total. The molecule has 0 bridgehead atoms. The van der Waals surface area contributed by atoms with Gasteiger partial charge in [-0.2, -0.15) is 0 Å². The predicted molar refractivity (Wildman–Crippen MR) is 134 cm³/mol. The Balaban J connectivity index is 0. The van der Waals surface area contributed by atoms with Gasteiger partial charge in [0, 0.05) is 6.42 Å². The average Bonchev–Trinajstić information content (AvgIpc) is 2.72. The number of benzene rings is 1. The van der Waals surface area contributed by atoms with Crippen LogP contribution in [0.3, 0.4) is 0 Å². The Bertz CT molecular complexity index is 483. The standard InChI is InChI=1S/C26H44O2.2CH4/c1-4-6-7-8-9-10-11-12-13-17-20-26(27)28-22-24(5-2)21-23(3)25-18-15-14-16-19-25;;/h14-16,18-19,23-24H,4-13,17,20-22H2,1-3H3;2*1H4. The summed E-state index contributed by atoms with van der Waals surface area (Å²) in [6.45, 7) is 7.30. The fourth-order valence-corrected chi connectivity index (χ4v) is 3.81. The van der Waals surface area contributed by atoms with Crippen molar-refractivity contribution in [1.29, 1.82) is 0 Å². The molecule has 2 unspecified atom stereocenters. The maximum atomic E-state index is 12.0. The molecule has 0 saturated heterocycles. The Labute approximate surface area is 189 Å². The zero-order valence-corrected chi connectivity index (χ0v) is 18.8. The molecule has 0 heterocycles. The number of carbonyl (C=O) groups excluding carboxylic acids is 1. The third kappa shape index (κ3) is 15.5. The summed E-state index contributed by atoms with van der Waals surface area (Å²) in [5, 5.41) is 0. The summed E-state index contributed by atoms with van der Waals surface area (Å²) < 4.78 is 5.58. The minimum Gasteiger partial charge on any atom is -0.465 e. The molecule has 0 aliphatic rings. The highest BCUT2D eigenvalue weighted by Crippen LogP contribution is 2.25. The first kappa shape index (κ1) is 30.9. The summed E-state index contributed by atoms with van der Waals surface area (Å²) in [4.78, 5) is 12.0. The van der Waals surface area contributed by atoms with Crippen LogP contribution in [0.5, 0.6) is 0 Å². The van der Waals surface area contributed by atoms with Crippen LogP contribution in [0, 0.1) is 5.92 Å². The summed E-state index contributed by atoms with van der Waals surface area (Å²) in [5.74, 6) is 0.948. The number of esters is 1. The molecule has 1 aromatic rings. The van der Waals surface area contributed by atoms with Gasteiger partial charge in [0.05, 0.1) is 6.61 Å². The first-order chi connectivity index (χ1) is 13.7. The van der Waals surface area contributed by atoms with Crippen molar-refractivity contribution in [2.45, 2.75) is 125 Å². The lowest BCUT2D eigenvalue weighted by atomic mass is 9.89. The van der Waals surface area contributed by atoms with E-state index in [1.807, 2.05) is 0 Å². The highest BCUT2D eigenvalue weighted by molar-refractivity contribution is 5.69. The SMILES string of the molecule is C.C.CCCCCCCCCCCCC(=O)OCC(CC)CC(C)c1ccccc1. The Morgan fingerprint density at radius 3 is 1.90 bits per heavy atom. The van der Waals surface area contributed by atoms with E-state index in [4.69, 9.17) is 4.74 Å². The van der Waals surface area contributed by atoms with E-state index in [1.165, 1.54) is 56.9 Å². The van der Waals surface area contributed by atoms with E-state index in [1.54, 1.807) is 0 Å². The molecule has 0 radical (unpaired) electrons. The molecule has 0 spiro atoms. The van der Waals surface area contributed by atoms with E-state index in [0.717, 1.165) is 25.7 Å². The molecular formula is C28H52O2. The largest absolute Gasteiger partial charge is 0.465 e. The minimum atomic E-state index is -0.00891. The van der Waals surface area contributed by atoms with Gasteiger partial charge < -0.3 is 4.74 Å². The summed E-state index contributed by atoms with van der Waals surface area (Å²) in [5.41, 5.74) is 1.37. The normalized spacial score (nSPS) is 12.4. The maximum absolute atomic E-state index is 12.0. The van der Waals surface area contributed by atoms with Gasteiger partial charge in [-0.3, -0.25) is 4.79 Å². The van der Waals surface area contributed by atoms with Gasteiger partial charge in [0.25, 0.3) is 0 Å². The van der Waals surface area contributed by atoms with Crippen molar-refractivity contribution in [3.8, 4) is 0 Å². The van der Waals surface area contributed by atoms with E-state index in [-0.39, 0.29) is 20.8 Å². The molecule has 30 heavy (non-hydrogen) atoms. The number of unbranched alkanes of at least 4 members (excludes halogenated alkanes) is 9. The van der Waals surface area contributed by atoms with E-state index in [9.17, 15) is 4.79 Å². The number of hydrogen-bond donors (Lipinski definition) is 0. The van der Waals surface area contributed by atoms with Crippen LogP contribution in [-0.4, -0.2) is 12.6 Å². The smallest absolute Gasteiger partial charge is 0.305 e. The third-order valence-corrected chi connectivity index (χ3v) is 5.85. The lowest BCUT2D eigenvalue weighted by molar-refractivity contribution is -0.145. The second-order valence-corrected chi connectivity index (χ2v) is 8.44. The number of carbonyl (C=O) groups is 1. The molecule has 0 fully saturated rings. The van der Waals surface area contributed by atoms with E-state index >= 15 is 0 Å². The van der Waals surface area contributed by atoms with Crippen molar-refractivity contribution in [2.75, 3.05) is 6.61 Å². The molecule has 2 heteroatoms. The van der Waals surface area contributed by atoms with Crippen LogP contribution in [0.1, 0.15) is 131 Å². The minimum absolute atomic E-state index is 0. The zero-order chi connectivity index (χ0) is 20.5. The predicted octanol–water partition coefficient (Wildman–Crippen LogP) is 9.33. The summed E-state index contributed by atoms with van der Waals surface area (Å²) in [6.07, 6.45) is 15.6. The van der Waals surface area contributed by atoms with E-state index < -0.39 is 0 Å². The molecule has 0 aromatic heterocycles. The molecule has 0 aliphatic heterocycles. The van der Waals surface area contributed by atoms with Gasteiger partial charge in [0.1, 0.15) is 0 Å². The highest BCUT2D eigenvalue weighted by Gasteiger charge is 2.15. The van der Waals surface area contributed by atoms with Crippen LogP contribution < -0.4 is 0 Å². The molecular weight excluding hydrogens is 368 g/mol.